The molecule has 0 unspecified atom stereocenters. The van der Waals surface area contributed by atoms with Crippen molar-refractivity contribution in [2.24, 2.45) is 0 Å². The standard InChI is InChI=1S/2C2H5.Al.ClH.Co.2HI/c2*1-2;;;;;/h2*1H2,2H3;;1H;;2*1H/q;;+1;;+2;;/p-3. The van der Waals surface area contributed by atoms with Gasteiger partial charge in [0.2, 0.25) is 0 Å². The molecular weight excluding hydrogens is 423 g/mol. The first kappa shape index (κ1) is 17.8. The van der Waals surface area contributed by atoms with Crippen LogP contribution in [0.15, 0.2) is 0 Å². The van der Waals surface area contributed by atoms with Gasteiger partial charge in [-0.05, 0) is 0 Å². The van der Waals surface area contributed by atoms with Crippen LogP contribution in [-0.2, 0) is 8.26 Å². The van der Waals surface area contributed by atoms with Crippen LogP contribution < -0.4 is 12.4 Å². The summed E-state index contributed by atoms with van der Waals surface area (Å²) in [5.74, 6) is 0. The summed E-state index contributed by atoms with van der Waals surface area (Å²) < 4.78 is 0. The molecule has 0 nitrogen and oxygen atoms in total. The van der Waals surface area contributed by atoms with Crippen molar-refractivity contribution >= 4 is 56.1 Å². The van der Waals surface area contributed by atoms with E-state index in [4.69, 9.17) is 0 Å². The van der Waals surface area contributed by atoms with Crippen molar-refractivity contribution in [2.45, 2.75) is 24.4 Å². The van der Waals surface area contributed by atoms with E-state index in [2.05, 4.69) is 54.7 Å². The molecule has 0 amide bonds. The molecule has 0 radical (unpaired) electrons. The van der Waals surface area contributed by atoms with Crippen LogP contribution in [0.25, 0.3) is 0 Å². The molecule has 9 heavy (non-hydrogen) atoms. The van der Waals surface area contributed by atoms with Crippen LogP contribution in [0.1, 0.15) is 13.8 Å². The zero-order valence-electron chi connectivity index (χ0n) is 5.46. The Kier molecular flexibility index (Phi) is 44.3. The molecule has 0 spiro atoms. The molecule has 0 aliphatic rings. The van der Waals surface area contributed by atoms with E-state index in [1.165, 1.54) is 18.8 Å². The molecule has 0 heterocycles. The summed E-state index contributed by atoms with van der Waals surface area (Å²) in [6, 6.07) is 0. The Labute approximate surface area is 99.4 Å². The van der Waals surface area contributed by atoms with Gasteiger partial charge in [-0.2, -0.15) is 0 Å². The third-order valence-electron chi connectivity index (χ3n) is 0.577. The van der Waals surface area contributed by atoms with Gasteiger partial charge in [0, 0.05) is 0 Å². The van der Waals surface area contributed by atoms with E-state index in [0.29, 0.717) is 0 Å². The van der Waals surface area contributed by atoms with Crippen molar-refractivity contribution < 1.29 is 20.7 Å². The molecule has 0 aromatic heterocycles. The minimum atomic E-state index is 0. The van der Waals surface area contributed by atoms with Crippen molar-refractivity contribution in [2.75, 3.05) is 0 Å². The Morgan fingerprint density at radius 3 is 1.44 bits per heavy atom. The summed E-state index contributed by atoms with van der Waals surface area (Å²) >= 11 is 5.30. The Balaban J connectivity index is -0.0000000800. The second-order valence-electron chi connectivity index (χ2n) is 1.15. The minimum absolute atomic E-state index is 0. The van der Waals surface area contributed by atoms with Crippen molar-refractivity contribution in [3.63, 3.8) is 0 Å². The fourth-order valence-electron chi connectivity index (χ4n) is 0.289. The molecular formula is C4H10AlClCoI2. The summed E-state index contributed by atoms with van der Waals surface area (Å²) in [6.45, 7) is 4.50. The summed E-state index contributed by atoms with van der Waals surface area (Å²) in [6.07, 6.45) is 0. The summed E-state index contributed by atoms with van der Waals surface area (Å²) in [4.78, 5) is 0. The fraction of sp³-hybridized carbons (Fsp3) is 1.00. The predicted octanol–water partition coefficient (Wildman–Crippen LogP) is 0.340. The number of hydrogen-bond donors (Lipinski definition) is 0. The molecule has 0 aromatic carbocycles. The van der Waals surface area contributed by atoms with Gasteiger partial charge in [-0.3, -0.25) is 0 Å². The summed E-state index contributed by atoms with van der Waals surface area (Å²) in [5, 5.41) is 2.85. The van der Waals surface area contributed by atoms with Gasteiger partial charge >= 0.3 is 88.7 Å². The Bertz CT molecular complexity index is 32.5. The third-order valence-corrected chi connectivity index (χ3v) is 1.73. The molecule has 0 N–H and O–H groups in total. The fourth-order valence-corrected chi connectivity index (χ4v) is 0.866. The number of halogens is 3. The van der Waals surface area contributed by atoms with Crippen LogP contribution in [0.2, 0.25) is 10.6 Å². The van der Waals surface area contributed by atoms with E-state index in [1.54, 1.807) is 0 Å². The summed E-state index contributed by atoms with van der Waals surface area (Å²) in [5.41, 5.74) is 0. The van der Waals surface area contributed by atoms with Gasteiger partial charge in [0.1, 0.15) is 0 Å². The average molecular weight is 433 g/mol. The molecule has 0 saturated carbocycles. The molecule has 0 atom stereocenters. The van der Waals surface area contributed by atoms with Gasteiger partial charge in [0.05, 0.1) is 0 Å². The molecule has 0 bridgehead atoms. The first-order valence-corrected chi connectivity index (χ1v) is 10.8. The summed E-state index contributed by atoms with van der Waals surface area (Å²) in [7, 11) is 1.38. The van der Waals surface area contributed by atoms with Gasteiger partial charge < -0.3 is 12.4 Å². The van der Waals surface area contributed by atoms with E-state index in [0.717, 1.165) is 15.2 Å². The Hall–Kier alpha value is 2.79. The van der Waals surface area contributed by atoms with E-state index in [9.17, 15) is 0 Å². The Morgan fingerprint density at radius 1 is 1.22 bits per heavy atom. The molecule has 0 aliphatic heterocycles. The Morgan fingerprint density at radius 2 is 1.44 bits per heavy atom. The molecule has 0 aromatic rings. The average Bonchev–Trinajstić information content (AvgIpc) is 1.71. The monoisotopic (exact) mass is 433 g/mol. The van der Waals surface area contributed by atoms with Crippen LogP contribution >= 0.6 is 40.8 Å². The first-order valence-electron chi connectivity index (χ1n) is 2.48. The van der Waals surface area contributed by atoms with Gasteiger partial charge in [0.25, 0.3) is 0 Å². The van der Waals surface area contributed by atoms with Crippen LogP contribution in [0, 0.1) is 0 Å². The van der Waals surface area contributed by atoms with E-state index >= 15 is 0 Å². The van der Waals surface area contributed by atoms with Crippen molar-refractivity contribution in [1.82, 2.24) is 0 Å². The first-order chi connectivity index (χ1) is 3.83. The maximum absolute atomic E-state index is 2.25. The van der Waals surface area contributed by atoms with E-state index in [1.807, 2.05) is 0 Å². The molecule has 0 aliphatic carbocycles. The van der Waals surface area contributed by atoms with E-state index < -0.39 is 0 Å². The van der Waals surface area contributed by atoms with Crippen LogP contribution in [0.4, 0.5) is 0 Å². The van der Waals surface area contributed by atoms with Crippen molar-refractivity contribution in [3.05, 3.63) is 0 Å². The number of rotatable bonds is 2. The molecule has 5 heteroatoms. The molecule has 59 valence electrons. The zero-order valence-corrected chi connectivity index (χ0v) is 12.7. The van der Waals surface area contributed by atoms with Crippen molar-refractivity contribution in [3.8, 4) is 0 Å². The van der Waals surface area contributed by atoms with Crippen molar-refractivity contribution in [1.29, 1.82) is 0 Å². The quantitative estimate of drug-likeness (QED) is 0.436. The van der Waals surface area contributed by atoms with Crippen LogP contribution in [-0.4, -0.2) is 15.2 Å². The van der Waals surface area contributed by atoms with Crippen LogP contribution in [0.3, 0.4) is 0 Å². The molecule has 0 saturated heterocycles. The molecule has 0 fully saturated rings. The van der Waals surface area contributed by atoms with Gasteiger partial charge in [-0.25, -0.2) is 0 Å². The maximum atomic E-state index is 2.25. The van der Waals surface area contributed by atoms with Gasteiger partial charge in [0.15, 0.2) is 0 Å². The van der Waals surface area contributed by atoms with Gasteiger partial charge in [-0.15, -0.1) is 0 Å². The second-order valence-corrected chi connectivity index (χ2v) is 12.2. The van der Waals surface area contributed by atoms with Gasteiger partial charge in [-0.1, -0.05) is 0 Å². The van der Waals surface area contributed by atoms with Crippen LogP contribution in [0.5, 0.6) is 0 Å². The SMILES string of the molecule is C[CH2][Al+][CH2]C.[Cl-].[I][Co][I]. The van der Waals surface area contributed by atoms with E-state index in [-0.39, 0.29) is 12.4 Å². The third kappa shape index (κ3) is 36.3. The molecule has 0 rings (SSSR count). The zero-order chi connectivity index (χ0) is 6.83. The normalized spacial score (nSPS) is 6.22. The predicted molar refractivity (Wildman–Crippen MR) is 54.8 cm³/mol. The topological polar surface area (TPSA) is 0 Å². The number of hydrogen-bond acceptors (Lipinski definition) is 0. The second kappa shape index (κ2) is 22.4.